The van der Waals surface area contributed by atoms with Crippen LogP contribution < -0.4 is 25.1 Å². The number of hydrogen-bond donors (Lipinski definition) is 2. The van der Waals surface area contributed by atoms with Gasteiger partial charge in [0.2, 0.25) is 11.6 Å². The fourth-order valence-electron chi connectivity index (χ4n) is 3.96. The highest BCUT2D eigenvalue weighted by atomic mass is 32.2. The molecule has 1 fully saturated rings. The SMILES string of the molecule is COc1ncc(-c2ccc3ncc(OC4CCNC4)c(=O)n3c2)cc1NS(=O)(=O)c1ccc(F)cc1F. The minimum absolute atomic E-state index is 0.0738. The molecule has 192 valence electrons. The zero-order chi connectivity index (χ0) is 26.2. The number of fused-ring (bicyclic) bond motifs is 1. The summed E-state index contributed by atoms with van der Waals surface area (Å²) in [5, 5.41) is 3.17. The largest absolute Gasteiger partial charge is 0.482 e. The maximum Gasteiger partial charge on any atom is 0.300 e. The predicted octanol–water partition coefficient (Wildman–Crippen LogP) is 2.58. The Hall–Kier alpha value is -4.10. The molecule has 5 rings (SSSR count). The van der Waals surface area contributed by atoms with Crippen molar-refractivity contribution >= 4 is 21.4 Å². The van der Waals surface area contributed by atoms with E-state index < -0.39 is 32.1 Å². The minimum Gasteiger partial charge on any atom is -0.482 e. The van der Waals surface area contributed by atoms with E-state index >= 15 is 0 Å². The summed E-state index contributed by atoms with van der Waals surface area (Å²) in [6, 6.07) is 6.87. The number of hydrogen-bond acceptors (Lipinski definition) is 8. The lowest BCUT2D eigenvalue weighted by Crippen LogP contribution is -2.25. The fourth-order valence-corrected chi connectivity index (χ4v) is 5.07. The third-order valence-electron chi connectivity index (χ3n) is 5.78. The van der Waals surface area contributed by atoms with Crippen LogP contribution in [0.1, 0.15) is 6.42 Å². The average molecular weight is 530 g/mol. The molecule has 0 radical (unpaired) electrons. The Morgan fingerprint density at radius 3 is 2.68 bits per heavy atom. The molecule has 37 heavy (non-hydrogen) atoms. The first-order valence-electron chi connectivity index (χ1n) is 11.2. The van der Waals surface area contributed by atoms with Crippen molar-refractivity contribution in [2.45, 2.75) is 17.4 Å². The second-order valence-electron chi connectivity index (χ2n) is 8.27. The van der Waals surface area contributed by atoms with Gasteiger partial charge in [0, 0.05) is 36.1 Å². The van der Waals surface area contributed by atoms with Crippen molar-refractivity contribution in [2.75, 3.05) is 24.9 Å². The van der Waals surface area contributed by atoms with Crippen molar-refractivity contribution < 1.29 is 26.7 Å². The van der Waals surface area contributed by atoms with Gasteiger partial charge in [-0.15, -0.1) is 0 Å². The lowest BCUT2D eigenvalue weighted by molar-refractivity contribution is 0.218. The summed E-state index contributed by atoms with van der Waals surface area (Å²) in [6.07, 6.45) is 5.01. The first-order valence-corrected chi connectivity index (χ1v) is 12.6. The molecule has 0 amide bonds. The number of halogens is 2. The van der Waals surface area contributed by atoms with Crippen LogP contribution in [0.4, 0.5) is 14.5 Å². The highest BCUT2D eigenvalue weighted by molar-refractivity contribution is 7.92. The van der Waals surface area contributed by atoms with Gasteiger partial charge in [-0.05, 0) is 43.3 Å². The summed E-state index contributed by atoms with van der Waals surface area (Å²) >= 11 is 0. The van der Waals surface area contributed by atoms with E-state index in [1.54, 1.807) is 12.1 Å². The number of ether oxygens (including phenoxy) is 2. The number of sulfonamides is 1. The van der Waals surface area contributed by atoms with Crippen LogP contribution in [0.15, 0.2) is 64.7 Å². The molecule has 0 aliphatic carbocycles. The van der Waals surface area contributed by atoms with E-state index in [9.17, 15) is 22.0 Å². The number of nitrogens with zero attached hydrogens (tertiary/aromatic N) is 3. The molecule has 4 aromatic rings. The fraction of sp³-hybridized carbons (Fsp3) is 0.208. The zero-order valence-electron chi connectivity index (χ0n) is 19.4. The summed E-state index contributed by atoms with van der Waals surface area (Å²) < 4.78 is 67.6. The molecule has 1 aliphatic heterocycles. The van der Waals surface area contributed by atoms with E-state index in [-0.39, 0.29) is 23.4 Å². The van der Waals surface area contributed by atoms with Crippen LogP contribution in [0.25, 0.3) is 16.8 Å². The molecule has 13 heteroatoms. The minimum atomic E-state index is -4.45. The number of nitrogens with one attached hydrogen (secondary N) is 2. The lowest BCUT2D eigenvalue weighted by atomic mass is 10.1. The second kappa shape index (κ2) is 9.75. The highest BCUT2D eigenvalue weighted by Gasteiger charge is 2.23. The van der Waals surface area contributed by atoms with Gasteiger partial charge in [-0.2, -0.15) is 0 Å². The van der Waals surface area contributed by atoms with E-state index in [0.29, 0.717) is 29.4 Å². The van der Waals surface area contributed by atoms with Crippen molar-refractivity contribution in [3.8, 4) is 22.8 Å². The number of aromatic nitrogens is 3. The first kappa shape index (κ1) is 24.6. The monoisotopic (exact) mass is 529 g/mol. The summed E-state index contributed by atoms with van der Waals surface area (Å²) in [7, 11) is -3.16. The maximum atomic E-state index is 14.2. The number of anilines is 1. The van der Waals surface area contributed by atoms with E-state index in [4.69, 9.17) is 9.47 Å². The van der Waals surface area contributed by atoms with Crippen molar-refractivity contribution in [2.24, 2.45) is 0 Å². The van der Waals surface area contributed by atoms with E-state index in [0.717, 1.165) is 25.1 Å². The molecule has 10 nitrogen and oxygen atoms in total. The quantitative estimate of drug-likeness (QED) is 0.375. The Bertz CT molecular complexity index is 1660. The van der Waals surface area contributed by atoms with Crippen LogP contribution in [0, 0.1) is 11.6 Å². The Morgan fingerprint density at radius 1 is 1.11 bits per heavy atom. The molecule has 3 aromatic heterocycles. The van der Waals surface area contributed by atoms with Gasteiger partial charge in [-0.3, -0.25) is 13.9 Å². The summed E-state index contributed by atoms with van der Waals surface area (Å²) in [5.41, 5.74) is 0.853. The van der Waals surface area contributed by atoms with E-state index in [2.05, 4.69) is 20.0 Å². The van der Waals surface area contributed by atoms with Gasteiger partial charge in [0.15, 0.2) is 0 Å². The van der Waals surface area contributed by atoms with Crippen LogP contribution in [0.5, 0.6) is 11.6 Å². The van der Waals surface area contributed by atoms with Crippen LogP contribution in [0.3, 0.4) is 0 Å². The van der Waals surface area contributed by atoms with Crippen molar-refractivity contribution in [3.05, 3.63) is 77.0 Å². The molecule has 1 aliphatic rings. The molecular weight excluding hydrogens is 508 g/mol. The Kier molecular flexibility index (Phi) is 6.48. The third-order valence-corrected chi connectivity index (χ3v) is 7.18. The molecule has 2 N–H and O–H groups in total. The summed E-state index contributed by atoms with van der Waals surface area (Å²) in [6.45, 7) is 1.45. The topological polar surface area (TPSA) is 124 Å². The Balaban J connectivity index is 1.51. The maximum absolute atomic E-state index is 14.2. The number of pyridine rings is 2. The van der Waals surface area contributed by atoms with Gasteiger partial charge >= 0.3 is 0 Å². The van der Waals surface area contributed by atoms with Gasteiger partial charge in [0.1, 0.15) is 34.0 Å². The van der Waals surface area contributed by atoms with Gasteiger partial charge in [0.25, 0.3) is 15.6 Å². The highest BCUT2D eigenvalue weighted by Crippen LogP contribution is 2.30. The van der Waals surface area contributed by atoms with E-state index in [1.165, 1.54) is 36.2 Å². The molecule has 0 spiro atoms. The van der Waals surface area contributed by atoms with Crippen molar-refractivity contribution in [3.63, 3.8) is 0 Å². The molecule has 4 heterocycles. The molecule has 1 unspecified atom stereocenters. The van der Waals surface area contributed by atoms with Crippen molar-refractivity contribution in [1.29, 1.82) is 0 Å². The van der Waals surface area contributed by atoms with Crippen LogP contribution >= 0.6 is 0 Å². The van der Waals surface area contributed by atoms with Crippen LogP contribution in [-0.2, 0) is 10.0 Å². The Morgan fingerprint density at radius 2 is 1.95 bits per heavy atom. The lowest BCUT2D eigenvalue weighted by Gasteiger charge is -2.14. The molecular formula is C24H21F2N5O5S. The molecule has 1 aromatic carbocycles. The number of methoxy groups -OCH3 is 1. The summed E-state index contributed by atoms with van der Waals surface area (Å²) in [4.78, 5) is 20.7. The molecule has 0 saturated carbocycles. The number of rotatable bonds is 7. The van der Waals surface area contributed by atoms with Gasteiger partial charge < -0.3 is 14.8 Å². The molecule has 0 bridgehead atoms. The van der Waals surface area contributed by atoms with E-state index in [1.807, 2.05) is 0 Å². The molecule has 1 saturated heterocycles. The average Bonchev–Trinajstić information content (AvgIpc) is 3.38. The normalized spacial score (nSPS) is 15.6. The van der Waals surface area contributed by atoms with Gasteiger partial charge in [-0.25, -0.2) is 27.2 Å². The number of benzene rings is 1. The Labute approximate surface area is 210 Å². The smallest absolute Gasteiger partial charge is 0.300 e. The second-order valence-corrected chi connectivity index (χ2v) is 9.92. The van der Waals surface area contributed by atoms with Crippen LogP contribution in [0.2, 0.25) is 0 Å². The van der Waals surface area contributed by atoms with Crippen molar-refractivity contribution in [1.82, 2.24) is 19.7 Å². The zero-order valence-corrected chi connectivity index (χ0v) is 20.3. The molecule has 1 atom stereocenters. The predicted molar refractivity (Wildman–Crippen MR) is 130 cm³/mol. The van der Waals surface area contributed by atoms with Gasteiger partial charge in [-0.1, -0.05) is 0 Å². The standard InChI is InChI=1S/C24H21F2N5O5S/c1-35-23-19(30-37(33,34)21-4-3-16(25)9-18(21)26)8-15(10-29-23)14-2-5-22-28-12-20(24(32)31(22)13-14)36-17-6-7-27-11-17/h2-5,8-10,12-13,17,27,30H,6-7,11H2,1H3. The van der Waals surface area contributed by atoms with Crippen LogP contribution in [-0.4, -0.2) is 49.1 Å². The summed E-state index contributed by atoms with van der Waals surface area (Å²) in [5.74, 6) is -2.11. The first-order chi connectivity index (χ1) is 17.7. The third kappa shape index (κ3) is 4.95. The van der Waals surface area contributed by atoms with Gasteiger partial charge in [0.05, 0.1) is 13.3 Å².